The number of aryl methyl sites for hydroxylation is 3. The molecule has 0 aliphatic carbocycles. The monoisotopic (exact) mass is 265 g/mol. The topological polar surface area (TPSA) is 37.4 Å². The van der Waals surface area contributed by atoms with Crippen LogP contribution in [0.15, 0.2) is 36.4 Å². The molecule has 0 unspecified atom stereocenters. The second-order valence-corrected chi connectivity index (χ2v) is 5.24. The largest absolute Gasteiger partial charge is 0.268 e. The van der Waals surface area contributed by atoms with Crippen molar-refractivity contribution in [2.75, 3.05) is 4.90 Å². The van der Waals surface area contributed by atoms with Crippen molar-refractivity contribution in [1.82, 2.24) is 0 Å². The van der Waals surface area contributed by atoms with Crippen LogP contribution < -0.4 is 4.90 Å². The fraction of sp³-hybridized carbons (Fsp3) is 0.176. The molecule has 3 nitrogen and oxygen atoms in total. The van der Waals surface area contributed by atoms with Gasteiger partial charge >= 0.3 is 0 Å². The molecule has 1 heterocycles. The van der Waals surface area contributed by atoms with Gasteiger partial charge in [-0.05, 0) is 44.0 Å². The number of hydrogen-bond donors (Lipinski definition) is 0. The van der Waals surface area contributed by atoms with E-state index in [1.54, 1.807) is 12.1 Å². The normalized spacial score (nSPS) is 13.8. The minimum absolute atomic E-state index is 0.230. The number of nitrogens with zero attached hydrogens (tertiary/aromatic N) is 1. The summed E-state index contributed by atoms with van der Waals surface area (Å²) < 4.78 is 0. The molecule has 1 aliphatic rings. The van der Waals surface area contributed by atoms with Crippen LogP contribution in [0.1, 0.15) is 37.4 Å². The number of carbonyl (C=O) groups is 2. The number of para-hydroxylation sites is 1. The molecule has 0 saturated carbocycles. The first kappa shape index (κ1) is 12.6. The van der Waals surface area contributed by atoms with Crippen LogP contribution >= 0.6 is 0 Å². The molecule has 1 aliphatic heterocycles. The molecule has 0 fully saturated rings. The number of rotatable bonds is 1. The van der Waals surface area contributed by atoms with Gasteiger partial charge in [-0.2, -0.15) is 0 Å². The molecule has 0 saturated heterocycles. The van der Waals surface area contributed by atoms with Crippen LogP contribution in [0, 0.1) is 20.8 Å². The molecule has 3 heteroatoms. The lowest BCUT2D eigenvalue weighted by atomic mass is 10.1. The quantitative estimate of drug-likeness (QED) is 0.741. The summed E-state index contributed by atoms with van der Waals surface area (Å²) in [5, 5.41) is 0. The maximum absolute atomic E-state index is 12.6. The lowest BCUT2D eigenvalue weighted by Crippen LogP contribution is -2.30. The molecule has 0 radical (unpaired) electrons. The molecule has 0 bridgehead atoms. The molecule has 20 heavy (non-hydrogen) atoms. The minimum Gasteiger partial charge on any atom is -0.268 e. The first-order valence-electron chi connectivity index (χ1n) is 6.56. The van der Waals surface area contributed by atoms with Gasteiger partial charge in [-0.3, -0.25) is 9.59 Å². The molecule has 0 spiro atoms. The summed E-state index contributed by atoms with van der Waals surface area (Å²) in [4.78, 5) is 26.4. The molecule has 0 aromatic heterocycles. The highest BCUT2D eigenvalue weighted by Gasteiger charge is 2.37. The second kappa shape index (κ2) is 4.30. The van der Waals surface area contributed by atoms with Crippen molar-refractivity contribution in [3.8, 4) is 0 Å². The molecule has 2 aromatic rings. The van der Waals surface area contributed by atoms with E-state index in [0.717, 1.165) is 16.7 Å². The Bertz CT molecular complexity index is 726. The Morgan fingerprint density at radius 1 is 0.800 bits per heavy atom. The summed E-state index contributed by atoms with van der Waals surface area (Å²) in [6.45, 7) is 5.74. The van der Waals surface area contributed by atoms with Gasteiger partial charge in [0.1, 0.15) is 0 Å². The van der Waals surface area contributed by atoms with Crippen molar-refractivity contribution in [3.05, 3.63) is 64.2 Å². The van der Waals surface area contributed by atoms with Gasteiger partial charge in [0.2, 0.25) is 0 Å². The van der Waals surface area contributed by atoms with Crippen LogP contribution in [0.3, 0.4) is 0 Å². The van der Waals surface area contributed by atoms with E-state index in [0.29, 0.717) is 16.8 Å². The van der Waals surface area contributed by atoms with Gasteiger partial charge < -0.3 is 0 Å². The van der Waals surface area contributed by atoms with Crippen LogP contribution in [-0.2, 0) is 0 Å². The zero-order chi connectivity index (χ0) is 14.4. The van der Waals surface area contributed by atoms with Crippen molar-refractivity contribution < 1.29 is 9.59 Å². The summed E-state index contributed by atoms with van der Waals surface area (Å²) >= 11 is 0. The fourth-order valence-corrected chi connectivity index (χ4v) is 2.72. The van der Waals surface area contributed by atoms with Crippen LogP contribution in [0.2, 0.25) is 0 Å². The van der Waals surface area contributed by atoms with Crippen molar-refractivity contribution >= 4 is 17.5 Å². The van der Waals surface area contributed by atoms with Crippen LogP contribution in [0.25, 0.3) is 0 Å². The highest BCUT2D eigenvalue weighted by Crippen LogP contribution is 2.33. The van der Waals surface area contributed by atoms with E-state index in [-0.39, 0.29) is 11.8 Å². The summed E-state index contributed by atoms with van der Waals surface area (Å²) in [6.07, 6.45) is 0. The Morgan fingerprint density at radius 3 is 2.05 bits per heavy atom. The SMILES string of the molecule is Cc1ccc2c(c1)C(=O)N(c1c(C)cccc1C)C2=O. The number of carbonyl (C=O) groups excluding carboxylic acids is 2. The molecular formula is C17H15NO2. The molecule has 100 valence electrons. The molecule has 3 rings (SSSR count). The summed E-state index contributed by atoms with van der Waals surface area (Å²) in [5.74, 6) is -0.464. The third-order valence-electron chi connectivity index (χ3n) is 3.71. The molecule has 0 N–H and O–H groups in total. The zero-order valence-electron chi connectivity index (χ0n) is 11.7. The average Bonchev–Trinajstić information content (AvgIpc) is 2.63. The van der Waals surface area contributed by atoms with E-state index in [2.05, 4.69) is 0 Å². The summed E-state index contributed by atoms with van der Waals surface area (Å²) in [6, 6.07) is 11.1. The van der Waals surface area contributed by atoms with Crippen LogP contribution in [0.4, 0.5) is 5.69 Å². The second-order valence-electron chi connectivity index (χ2n) is 5.24. The van der Waals surface area contributed by atoms with Crippen molar-refractivity contribution in [2.45, 2.75) is 20.8 Å². The van der Waals surface area contributed by atoms with Crippen molar-refractivity contribution in [3.63, 3.8) is 0 Å². The van der Waals surface area contributed by atoms with E-state index < -0.39 is 0 Å². The van der Waals surface area contributed by atoms with Crippen molar-refractivity contribution in [2.24, 2.45) is 0 Å². The highest BCUT2D eigenvalue weighted by atomic mass is 16.2. The lowest BCUT2D eigenvalue weighted by molar-refractivity contribution is 0.0925. The van der Waals surface area contributed by atoms with Gasteiger partial charge in [-0.25, -0.2) is 4.90 Å². The van der Waals surface area contributed by atoms with Gasteiger partial charge in [0, 0.05) is 0 Å². The predicted octanol–water partition coefficient (Wildman–Crippen LogP) is 3.41. The summed E-state index contributed by atoms with van der Waals surface area (Å²) in [7, 11) is 0. The van der Waals surface area contributed by atoms with E-state index in [9.17, 15) is 9.59 Å². The van der Waals surface area contributed by atoms with Gasteiger partial charge in [-0.15, -0.1) is 0 Å². The van der Waals surface area contributed by atoms with E-state index in [1.165, 1.54) is 4.90 Å². The van der Waals surface area contributed by atoms with Gasteiger partial charge in [-0.1, -0.05) is 29.8 Å². The molecule has 2 amide bonds. The Kier molecular flexibility index (Phi) is 2.71. The Labute approximate surface area is 117 Å². The molecular weight excluding hydrogens is 250 g/mol. The zero-order valence-corrected chi connectivity index (χ0v) is 11.7. The number of benzene rings is 2. The third-order valence-corrected chi connectivity index (χ3v) is 3.71. The van der Waals surface area contributed by atoms with Gasteiger partial charge in [0.05, 0.1) is 16.8 Å². The fourth-order valence-electron chi connectivity index (χ4n) is 2.72. The molecule has 0 atom stereocenters. The standard InChI is InChI=1S/C17H15NO2/c1-10-7-8-13-14(9-10)17(20)18(16(13)19)15-11(2)5-4-6-12(15)3/h4-9H,1-3H3. The number of fused-ring (bicyclic) bond motifs is 1. The first-order chi connectivity index (χ1) is 9.50. The van der Waals surface area contributed by atoms with Gasteiger partial charge in [0.15, 0.2) is 0 Å². The van der Waals surface area contributed by atoms with Gasteiger partial charge in [0.25, 0.3) is 11.8 Å². The number of hydrogen-bond acceptors (Lipinski definition) is 2. The smallest absolute Gasteiger partial charge is 0.266 e. The number of imide groups is 1. The minimum atomic E-state index is -0.234. The number of amides is 2. The maximum Gasteiger partial charge on any atom is 0.266 e. The van der Waals surface area contributed by atoms with Crippen LogP contribution in [-0.4, -0.2) is 11.8 Å². The van der Waals surface area contributed by atoms with E-state index in [1.807, 2.05) is 45.0 Å². The van der Waals surface area contributed by atoms with E-state index >= 15 is 0 Å². The lowest BCUT2D eigenvalue weighted by Gasteiger charge is -2.19. The molecule has 2 aromatic carbocycles. The summed E-state index contributed by atoms with van der Waals surface area (Å²) in [5.41, 5.74) is 4.53. The first-order valence-corrected chi connectivity index (χ1v) is 6.56. The average molecular weight is 265 g/mol. The van der Waals surface area contributed by atoms with Crippen LogP contribution in [0.5, 0.6) is 0 Å². The van der Waals surface area contributed by atoms with E-state index in [4.69, 9.17) is 0 Å². The maximum atomic E-state index is 12.6. The highest BCUT2D eigenvalue weighted by molar-refractivity contribution is 6.34. The van der Waals surface area contributed by atoms with Crippen molar-refractivity contribution in [1.29, 1.82) is 0 Å². The third kappa shape index (κ3) is 1.67. The predicted molar refractivity (Wildman–Crippen MR) is 78.2 cm³/mol. The Morgan fingerprint density at radius 2 is 1.40 bits per heavy atom. The Hall–Kier alpha value is -2.42. The Balaban J connectivity index is 2.20. The number of anilines is 1.